The van der Waals surface area contributed by atoms with Crippen LogP contribution in [0.3, 0.4) is 0 Å². The second-order valence-electron chi connectivity index (χ2n) is 3.41. The molecule has 1 aromatic rings. The number of hydrazine groups is 2. The smallest absolute Gasteiger partial charge is 0.426 e. The Bertz CT molecular complexity index is 472. The lowest BCUT2D eigenvalue weighted by molar-refractivity contribution is 0.153. The molecule has 0 bridgehead atoms. The predicted octanol–water partition coefficient (Wildman–Crippen LogP) is 0.0262. The van der Waals surface area contributed by atoms with Gasteiger partial charge in [0, 0.05) is 0 Å². The second-order valence-corrected chi connectivity index (χ2v) is 3.41. The van der Waals surface area contributed by atoms with E-state index in [2.05, 4.69) is 46.1 Å². The lowest BCUT2D eigenvalue weighted by Crippen LogP contribution is -2.33. The number of amides is 2. The van der Waals surface area contributed by atoms with Crippen LogP contribution in [0.15, 0.2) is 0 Å². The number of carbonyl (C=O) groups is 2. The van der Waals surface area contributed by atoms with E-state index in [4.69, 9.17) is 4.74 Å². The minimum absolute atomic E-state index is 0.0342. The molecule has 2 amide bonds. The highest BCUT2D eigenvalue weighted by molar-refractivity contribution is 5.69. The summed E-state index contributed by atoms with van der Waals surface area (Å²) in [7, 11) is 1.35. The predicted molar refractivity (Wildman–Crippen MR) is 73.9 cm³/mol. The fraction of sp³-hybridized carbons (Fsp3) is 0.500. The molecule has 1 aromatic heterocycles. The van der Waals surface area contributed by atoms with Crippen molar-refractivity contribution in [3.05, 3.63) is 0 Å². The van der Waals surface area contributed by atoms with Crippen LogP contribution in [-0.2, 0) is 9.47 Å². The van der Waals surface area contributed by atoms with Crippen molar-refractivity contribution >= 4 is 24.1 Å². The Labute approximate surface area is 125 Å². The molecule has 0 aliphatic carbocycles. The van der Waals surface area contributed by atoms with Crippen molar-refractivity contribution in [2.24, 2.45) is 0 Å². The Balaban J connectivity index is 2.67. The first-order valence-electron chi connectivity index (χ1n) is 6.26. The molecule has 0 atom stereocenters. The summed E-state index contributed by atoms with van der Waals surface area (Å²) in [5, 5.41) is 0. The van der Waals surface area contributed by atoms with E-state index in [1.807, 2.05) is 0 Å². The first-order chi connectivity index (χ1) is 10.6. The van der Waals surface area contributed by atoms with Gasteiger partial charge in [0.25, 0.3) is 0 Å². The van der Waals surface area contributed by atoms with E-state index < -0.39 is 12.2 Å². The third-order valence-corrected chi connectivity index (χ3v) is 1.90. The molecule has 1 rings (SSSR count). The first-order valence-corrected chi connectivity index (χ1v) is 6.26. The van der Waals surface area contributed by atoms with Gasteiger partial charge in [-0.3, -0.25) is 10.9 Å². The topological polar surface area (TPSA) is 149 Å². The summed E-state index contributed by atoms with van der Waals surface area (Å²) in [6.45, 7) is 3.75. The van der Waals surface area contributed by atoms with Crippen molar-refractivity contribution in [3.63, 3.8) is 0 Å². The summed E-state index contributed by atoms with van der Waals surface area (Å²) in [4.78, 5) is 33.9. The molecular formula is C10H17N7O5. The van der Waals surface area contributed by atoms with Crippen molar-refractivity contribution in [1.29, 1.82) is 0 Å². The van der Waals surface area contributed by atoms with E-state index >= 15 is 0 Å². The van der Waals surface area contributed by atoms with Crippen molar-refractivity contribution in [1.82, 2.24) is 25.8 Å². The molecule has 1 heterocycles. The third-order valence-electron chi connectivity index (χ3n) is 1.90. The molecular weight excluding hydrogens is 298 g/mol. The summed E-state index contributed by atoms with van der Waals surface area (Å²) < 4.78 is 14.2. The van der Waals surface area contributed by atoms with E-state index in [0.717, 1.165) is 0 Å². The summed E-state index contributed by atoms with van der Waals surface area (Å²) in [5.74, 6) is -0.0684. The van der Waals surface area contributed by atoms with Gasteiger partial charge in [0.05, 0.1) is 20.3 Å². The summed E-state index contributed by atoms with van der Waals surface area (Å²) in [6, 6.07) is -0.0451. The molecule has 12 heteroatoms. The van der Waals surface area contributed by atoms with Crippen LogP contribution in [-0.4, -0.2) is 47.5 Å². The SMILES string of the molecule is CCOC(=O)NNc1nc(NNC(=O)OCC)nc(OC)n1. The lowest BCUT2D eigenvalue weighted by Gasteiger charge is -2.10. The van der Waals surface area contributed by atoms with Gasteiger partial charge in [0.2, 0.25) is 11.9 Å². The van der Waals surface area contributed by atoms with Gasteiger partial charge in [-0.1, -0.05) is 0 Å². The number of anilines is 2. The van der Waals surface area contributed by atoms with Gasteiger partial charge >= 0.3 is 18.2 Å². The monoisotopic (exact) mass is 315 g/mol. The second kappa shape index (κ2) is 8.99. The molecule has 0 saturated carbocycles. The summed E-state index contributed by atoms with van der Waals surface area (Å²) >= 11 is 0. The number of hydrogen-bond acceptors (Lipinski definition) is 10. The maximum Gasteiger partial charge on any atom is 0.426 e. The Hall–Kier alpha value is -3.05. The number of carbonyl (C=O) groups excluding carboxylic acids is 2. The van der Waals surface area contributed by atoms with Crippen LogP contribution >= 0.6 is 0 Å². The van der Waals surface area contributed by atoms with Crippen LogP contribution < -0.4 is 26.4 Å². The Morgan fingerprint density at radius 3 is 1.73 bits per heavy atom. The first kappa shape index (κ1) is 17.0. The van der Waals surface area contributed by atoms with Gasteiger partial charge in [0.15, 0.2) is 0 Å². The molecule has 0 aromatic carbocycles. The van der Waals surface area contributed by atoms with E-state index in [1.165, 1.54) is 7.11 Å². The zero-order valence-electron chi connectivity index (χ0n) is 12.3. The van der Waals surface area contributed by atoms with Crippen LogP contribution in [0.1, 0.15) is 13.8 Å². The fourth-order valence-corrected chi connectivity index (χ4v) is 1.11. The molecule has 0 aliphatic heterocycles. The van der Waals surface area contributed by atoms with Crippen LogP contribution in [0.5, 0.6) is 6.01 Å². The number of nitrogens with zero attached hydrogens (tertiary/aromatic N) is 3. The molecule has 0 saturated heterocycles. The maximum atomic E-state index is 11.2. The van der Waals surface area contributed by atoms with Crippen LogP contribution in [0, 0.1) is 0 Å². The molecule has 0 radical (unpaired) electrons. The van der Waals surface area contributed by atoms with Gasteiger partial charge in [-0.05, 0) is 13.8 Å². The van der Waals surface area contributed by atoms with Gasteiger partial charge < -0.3 is 14.2 Å². The zero-order valence-corrected chi connectivity index (χ0v) is 12.3. The fourth-order valence-electron chi connectivity index (χ4n) is 1.11. The van der Waals surface area contributed by atoms with Crippen molar-refractivity contribution in [2.45, 2.75) is 13.8 Å². The van der Waals surface area contributed by atoms with Crippen molar-refractivity contribution in [3.8, 4) is 6.01 Å². The normalized spacial score (nSPS) is 9.41. The van der Waals surface area contributed by atoms with Crippen LogP contribution in [0.2, 0.25) is 0 Å². The van der Waals surface area contributed by atoms with E-state index in [-0.39, 0.29) is 31.1 Å². The van der Waals surface area contributed by atoms with Gasteiger partial charge in [0.1, 0.15) is 0 Å². The van der Waals surface area contributed by atoms with Gasteiger partial charge in [-0.2, -0.15) is 15.0 Å². The van der Waals surface area contributed by atoms with E-state index in [0.29, 0.717) is 0 Å². The van der Waals surface area contributed by atoms with Crippen LogP contribution in [0.4, 0.5) is 21.5 Å². The Morgan fingerprint density at radius 1 is 0.909 bits per heavy atom. The van der Waals surface area contributed by atoms with Gasteiger partial charge in [-0.15, -0.1) is 0 Å². The largest absolute Gasteiger partial charge is 0.467 e. The molecule has 0 spiro atoms. The number of ether oxygens (including phenoxy) is 3. The Kier molecular flexibility index (Phi) is 6.95. The third kappa shape index (κ3) is 5.94. The number of rotatable bonds is 7. The van der Waals surface area contributed by atoms with E-state index in [1.54, 1.807) is 13.8 Å². The number of hydrogen-bond donors (Lipinski definition) is 4. The minimum atomic E-state index is -0.707. The van der Waals surface area contributed by atoms with Crippen molar-refractivity contribution in [2.75, 3.05) is 31.2 Å². The van der Waals surface area contributed by atoms with Crippen LogP contribution in [0.25, 0.3) is 0 Å². The molecule has 0 aliphatic rings. The summed E-state index contributed by atoms with van der Waals surface area (Å²) in [6.07, 6.45) is -1.41. The van der Waals surface area contributed by atoms with Crippen molar-refractivity contribution < 1.29 is 23.8 Å². The highest BCUT2D eigenvalue weighted by Crippen LogP contribution is 2.09. The number of methoxy groups -OCH3 is 1. The van der Waals surface area contributed by atoms with E-state index in [9.17, 15) is 9.59 Å². The Morgan fingerprint density at radius 2 is 1.36 bits per heavy atom. The molecule has 12 nitrogen and oxygen atoms in total. The maximum absolute atomic E-state index is 11.2. The molecule has 122 valence electrons. The summed E-state index contributed by atoms with van der Waals surface area (Å²) in [5.41, 5.74) is 9.22. The quantitative estimate of drug-likeness (QED) is 0.507. The molecule has 0 unspecified atom stereocenters. The molecule has 0 fully saturated rings. The highest BCUT2D eigenvalue weighted by atomic mass is 16.6. The van der Waals surface area contributed by atoms with Gasteiger partial charge in [-0.25, -0.2) is 20.4 Å². The average Bonchev–Trinajstić information content (AvgIpc) is 2.51. The minimum Gasteiger partial charge on any atom is -0.467 e. The molecule has 22 heavy (non-hydrogen) atoms. The lowest BCUT2D eigenvalue weighted by atomic mass is 10.8. The highest BCUT2D eigenvalue weighted by Gasteiger charge is 2.09. The number of aromatic nitrogens is 3. The average molecular weight is 315 g/mol. The standard InChI is InChI=1S/C10H17N7O5/c1-4-21-9(18)16-14-6-11-7(13-8(12-6)20-3)15-17-10(19)22-5-2/h4-5H2,1-3H3,(H,16,18)(H,17,19)(H2,11,12,13,14,15). The number of nitrogens with one attached hydrogen (secondary N) is 4. The zero-order chi connectivity index (χ0) is 16.4. The molecule has 4 N–H and O–H groups in total.